The predicted molar refractivity (Wildman–Crippen MR) is 97.0 cm³/mol. The second-order valence-corrected chi connectivity index (χ2v) is 10.0. The Morgan fingerprint density at radius 3 is 2.42 bits per heavy atom. The molecule has 0 amide bonds. The molecule has 1 rings (SSSR count). The first-order valence-corrected chi connectivity index (χ1v) is 11.3. The summed E-state index contributed by atoms with van der Waals surface area (Å²) in [7, 11) is -8.36. The molecule has 0 saturated carbocycles. The van der Waals surface area contributed by atoms with E-state index in [1.165, 1.54) is 0 Å². The SMILES string of the molecule is CCc1cccc(C(C)S)c1S(=O)(=O)OCP(=O)(O)OCC(C)C. The minimum absolute atomic E-state index is 0.0128. The first-order chi connectivity index (χ1) is 11.0. The summed E-state index contributed by atoms with van der Waals surface area (Å²) in [5, 5.41) is -0.331. The van der Waals surface area contributed by atoms with Crippen molar-refractivity contribution in [2.75, 3.05) is 13.0 Å². The van der Waals surface area contributed by atoms with Crippen LogP contribution >= 0.6 is 20.2 Å². The highest BCUT2D eigenvalue weighted by molar-refractivity contribution is 7.87. The minimum atomic E-state index is -4.21. The van der Waals surface area contributed by atoms with Crippen molar-refractivity contribution in [1.82, 2.24) is 0 Å². The van der Waals surface area contributed by atoms with Gasteiger partial charge in [0.2, 0.25) is 0 Å². The molecule has 0 heterocycles. The van der Waals surface area contributed by atoms with Crippen LogP contribution in [0, 0.1) is 5.92 Å². The number of benzene rings is 1. The van der Waals surface area contributed by atoms with Gasteiger partial charge < -0.3 is 9.42 Å². The molecular formula is C15H25O6PS2. The van der Waals surface area contributed by atoms with Crippen LogP contribution in [0.25, 0.3) is 0 Å². The van der Waals surface area contributed by atoms with Crippen LogP contribution in [0.2, 0.25) is 0 Å². The highest BCUT2D eigenvalue weighted by Gasteiger charge is 2.29. The summed E-state index contributed by atoms with van der Waals surface area (Å²) in [4.78, 5) is 9.72. The van der Waals surface area contributed by atoms with Crippen molar-refractivity contribution < 1.29 is 26.6 Å². The highest BCUT2D eigenvalue weighted by atomic mass is 32.2. The fourth-order valence-electron chi connectivity index (χ4n) is 2.01. The van der Waals surface area contributed by atoms with Gasteiger partial charge in [0.15, 0.2) is 6.35 Å². The van der Waals surface area contributed by atoms with E-state index in [-0.39, 0.29) is 22.7 Å². The Kier molecular flexibility index (Phi) is 7.97. The molecule has 1 N–H and O–H groups in total. The van der Waals surface area contributed by atoms with Gasteiger partial charge in [-0.2, -0.15) is 21.0 Å². The maximum absolute atomic E-state index is 12.6. The van der Waals surface area contributed by atoms with Crippen LogP contribution in [0.1, 0.15) is 44.1 Å². The first kappa shape index (κ1) is 21.7. The fourth-order valence-corrected chi connectivity index (χ4v) is 5.20. The summed E-state index contributed by atoms with van der Waals surface area (Å²) in [5.41, 5.74) is 1.07. The molecular weight excluding hydrogens is 371 g/mol. The van der Waals surface area contributed by atoms with Crippen LogP contribution in [0.3, 0.4) is 0 Å². The van der Waals surface area contributed by atoms with Crippen molar-refractivity contribution in [1.29, 1.82) is 0 Å². The van der Waals surface area contributed by atoms with Crippen LogP contribution in [-0.4, -0.2) is 26.3 Å². The Hall–Kier alpha value is -0.370. The molecule has 0 aliphatic rings. The molecule has 0 aliphatic heterocycles. The quantitative estimate of drug-likeness (QED) is 0.375. The molecule has 138 valence electrons. The molecule has 0 aromatic heterocycles. The molecule has 24 heavy (non-hydrogen) atoms. The van der Waals surface area contributed by atoms with Gasteiger partial charge in [-0.1, -0.05) is 39.0 Å². The van der Waals surface area contributed by atoms with Crippen molar-refractivity contribution in [3.63, 3.8) is 0 Å². The van der Waals surface area contributed by atoms with Gasteiger partial charge in [0.1, 0.15) is 4.90 Å². The number of thiol groups is 1. The van der Waals surface area contributed by atoms with Gasteiger partial charge in [0.05, 0.1) is 6.61 Å². The van der Waals surface area contributed by atoms with Gasteiger partial charge >= 0.3 is 7.60 Å². The minimum Gasteiger partial charge on any atom is -0.323 e. The van der Waals surface area contributed by atoms with E-state index in [1.807, 2.05) is 20.8 Å². The molecule has 9 heteroatoms. The van der Waals surface area contributed by atoms with E-state index in [0.717, 1.165) is 0 Å². The molecule has 1 aromatic rings. The Morgan fingerprint density at radius 2 is 1.92 bits per heavy atom. The molecule has 0 spiro atoms. The van der Waals surface area contributed by atoms with Crippen LogP contribution in [0.15, 0.2) is 23.1 Å². The van der Waals surface area contributed by atoms with Gasteiger partial charge in [-0.3, -0.25) is 8.75 Å². The van der Waals surface area contributed by atoms with E-state index >= 15 is 0 Å². The molecule has 1 aromatic carbocycles. The number of aryl methyl sites for hydroxylation is 1. The average molecular weight is 396 g/mol. The van der Waals surface area contributed by atoms with Crippen molar-refractivity contribution in [2.24, 2.45) is 5.92 Å². The van der Waals surface area contributed by atoms with E-state index in [1.54, 1.807) is 25.1 Å². The summed E-state index contributed by atoms with van der Waals surface area (Å²) in [6.07, 6.45) is -0.437. The standard InChI is InChI=1S/C15H25O6PS2/c1-5-13-7-6-8-14(12(4)23)15(13)24(18,19)21-10-22(16,17)20-9-11(2)3/h6-8,11-12,23H,5,9-10H2,1-4H3,(H,16,17). The van der Waals surface area contributed by atoms with Gasteiger partial charge in [-0.05, 0) is 30.4 Å². The Morgan fingerprint density at radius 1 is 1.29 bits per heavy atom. The molecule has 0 bridgehead atoms. The molecule has 2 unspecified atom stereocenters. The Bertz CT molecular complexity index is 700. The van der Waals surface area contributed by atoms with Gasteiger partial charge in [0, 0.05) is 5.25 Å². The molecule has 2 atom stereocenters. The van der Waals surface area contributed by atoms with E-state index in [4.69, 9.17) is 8.71 Å². The average Bonchev–Trinajstić information content (AvgIpc) is 2.50. The molecule has 0 aliphatic carbocycles. The fraction of sp³-hybridized carbons (Fsp3) is 0.600. The lowest BCUT2D eigenvalue weighted by Crippen LogP contribution is -2.14. The van der Waals surface area contributed by atoms with Crippen LogP contribution in [-0.2, 0) is 29.8 Å². The largest absolute Gasteiger partial charge is 0.355 e. The smallest absolute Gasteiger partial charge is 0.323 e. The summed E-state index contributed by atoms with van der Waals surface area (Å²) < 4.78 is 46.8. The zero-order chi connectivity index (χ0) is 18.5. The monoisotopic (exact) mass is 396 g/mol. The van der Waals surface area contributed by atoms with Crippen molar-refractivity contribution in [3.8, 4) is 0 Å². The number of hydrogen-bond acceptors (Lipinski definition) is 6. The lowest BCUT2D eigenvalue weighted by molar-refractivity contribution is 0.209. The maximum Gasteiger partial charge on any atom is 0.355 e. The lowest BCUT2D eigenvalue weighted by atomic mass is 10.1. The number of rotatable bonds is 9. The van der Waals surface area contributed by atoms with Crippen LogP contribution in [0.5, 0.6) is 0 Å². The van der Waals surface area contributed by atoms with E-state index in [2.05, 4.69) is 12.6 Å². The zero-order valence-corrected chi connectivity index (χ0v) is 16.9. The topological polar surface area (TPSA) is 89.9 Å². The lowest BCUT2D eigenvalue weighted by Gasteiger charge is -2.18. The second-order valence-electron chi connectivity index (χ2n) is 5.89. The Balaban J connectivity index is 3.07. The summed E-state index contributed by atoms with van der Waals surface area (Å²) in [6.45, 7) is 7.25. The molecule has 0 radical (unpaired) electrons. The van der Waals surface area contributed by atoms with E-state index in [9.17, 15) is 17.9 Å². The van der Waals surface area contributed by atoms with Crippen molar-refractivity contribution in [2.45, 2.75) is 44.3 Å². The highest BCUT2D eigenvalue weighted by Crippen LogP contribution is 2.43. The van der Waals surface area contributed by atoms with Gasteiger partial charge in [-0.15, -0.1) is 0 Å². The second kappa shape index (κ2) is 8.83. The third-order valence-corrected chi connectivity index (χ3v) is 6.08. The van der Waals surface area contributed by atoms with Crippen LogP contribution < -0.4 is 0 Å². The third-order valence-electron chi connectivity index (χ3n) is 3.19. The molecule has 0 fully saturated rings. The summed E-state index contributed by atoms with van der Waals surface area (Å²) in [6, 6.07) is 5.09. The third kappa shape index (κ3) is 6.17. The van der Waals surface area contributed by atoms with E-state index in [0.29, 0.717) is 17.5 Å². The van der Waals surface area contributed by atoms with E-state index < -0.39 is 24.1 Å². The first-order valence-electron chi connectivity index (χ1n) is 7.65. The number of hydrogen-bond donors (Lipinski definition) is 2. The van der Waals surface area contributed by atoms with Crippen molar-refractivity contribution >= 4 is 30.3 Å². The van der Waals surface area contributed by atoms with Crippen LogP contribution in [0.4, 0.5) is 0 Å². The normalized spacial score (nSPS) is 16.1. The van der Waals surface area contributed by atoms with Gasteiger partial charge in [-0.25, -0.2) is 0 Å². The summed E-state index contributed by atoms with van der Waals surface area (Å²) in [5.74, 6) is 0.0412. The molecule has 0 saturated heterocycles. The van der Waals surface area contributed by atoms with Crippen molar-refractivity contribution in [3.05, 3.63) is 29.3 Å². The summed E-state index contributed by atoms with van der Waals surface area (Å²) >= 11 is 4.31. The maximum atomic E-state index is 12.6. The zero-order valence-electron chi connectivity index (χ0n) is 14.3. The predicted octanol–water partition coefficient (Wildman–Crippen LogP) is 3.76. The Labute approximate surface area is 149 Å². The van der Waals surface area contributed by atoms with Gasteiger partial charge in [0.25, 0.3) is 10.1 Å². The molecule has 6 nitrogen and oxygen atoms in total.